The molecule has 0 spiro atoms. The topological polar surface area (TPSA) is 74.3 Å². The van der Waals surface area contributed by atoms with Crippen molar-refractivity contribution in [2.45, 2.75) is 13.3 Å². The van der Waals surface area contributed by atoms with Crippen molar-refractivity contribution in [2.24, 2.45) is 0 Å². The highest BCUT2D eigenvalue weighted by Gasteiger charge is 2.22. The number of imide groups is 1. The highest BCUT2D eigenvalue weighted by molar-refractivity contribution is 6.02. The Balaban J connectivity index is 2.12. The number of hydrogen-bond donors (Lipinski definition) is 2. The summed E-state index contributed by atoms with van der Waals surface area (Å²) < 4.78 is 0. The van der Waals surface area contributed by atoms with Gasteiger partial charge in [-0.1, -0.05) is 6.92 Å². The lowest BCUT2D eigenvalue weighted by molar-refractivity contribution is -0.130. The Bertz CT molecular complexity index is 445. The van der Waals surface area contributed by atoms with Gasteiger partial charge in [0.2, 0.25) is 11.8 Å². The Morgan fingerprint density at radius 3 is 2.78 bits per heavy atom. The van der Waals surface area contributed by atoms with Crippen LogP contribution in [0.2, 0.25) is 0 Å². The molecule has 1 saturated heterocycles. The number of carbonyl (C=O) groups is 2. The van der Waals surface area contributed by atoms with Crippen molar-refractivity contribution in [2.75, 3.05) is 29.9 Å². The van der Waals surface area contributed by atoms with E-state index in [1.54, 1.807) is 17.2 Å². The number of carbonyl (C=O) groups excluding carboxylic acids is 2. The van der Waals surface area contributed by atoms with Crippen LogP contribution in [0.3, 0.4) is 0 Å². The molecule has 1 aliphatic heterocycles. The first-order chi connectivity index (χ1) is 8.69. The Morgan fingerprint density at radius 2 is 2.11 bits per heavy atom. The van der Waals surface area contributed by atoms with E-state index < -0.39 is 0 Å². The Labute approximate surface area is 105 Å². The second-order valence-electron chi connectivity index (χ2n) is 4.15. The monoisotopic (exact) mass is 248 g/mol. The predicted molar refractivity (Wildman–Crippen MR) is 68.4 cm³/mol. The fourth-order valence-corrected chi connectivity index (χ4v) is 1.79. The quantitative estimate of drug-likeness (QED) is 0.753. The van der Waals surface area contributed by atoms with Gasteiger partial charge in [-0.2, -0.15) is 0 Å². The normalized spacial score (nSPS) is 15.5. The lowest BCUT2D eigenvalue weighted by Crippen LogP contribution is -2.51. The standard InChI is InChI=1S/C12H16N4O2/c1-2-4-13-10-6-9(3-5-14-10)16-7-11(17)15-12(18)8-16/h3,5-6H,2,4,7-8H2,1H3,(H,13,14)(H,15,17,18). The summed E-state index contributed by atoms with van der Waals surface area (Å²) in [6.45, 7) is 3.31. The molecule has 0 aromatic carbocycles. The first kappa shape index (κ1) is 12.3. The molecule has 2 heterocycles. The molecular weight excluding hydrogens is 232 g/mol. The second-order valence-corrected chi connectivity index (χ2v) is 4.15. The Morgan fingerprint density at radius 1 is 1.39 bits per heavy atom. The lowest BCUT2D eigenvalue weighted by Gasteiger charge is -2.27. The van der Waals surface area contributed by atoms with Crippen molar-refractivity contribution in [1.82, 2.24) is 10.3 Å². The number of aromatic nitrogens is 1. The van der Waals surface area contributed by atoms with Gasteiger partial charge in [0.15, 0.2) is 0 Å². The highest BCUT2D eigenvalue weighted by atomic mass is 16.2. The van der Waals surface area contributed by atoms with Gasteiger partial charge in [0.1, 0.15) is 5.82 Å². The van der Waals surface area contributed by atoms with Gasteiger partial charge >= 0.3 is 0 Å². The average Bonchev–Trinajstić information content (AvgIpc) is 2.35. The van der Waals surface area contributed by atoms with Gasteiger partial charge < -0.3 is 10.2 Å². The molecular formula is C12H16N4O2. The van der Waals surface area contributed by atoms with Gasteiger partial charge in [-0.3, -0.25) is 14.9 Å². The van der Waals surface area contributed by atoms with E-state index in [9.17, 15) is 9.59 Å². The lowest BCUT2D eigenvalue weighted by atomic mass is 10.2. The van der Waals surface area contributed by atoms with Crippen molar-refractivity contribution in [3.05, 3.63) is 18.3 Å². The Kier molecular flexibility index (Phi) is 3.76. The number of hydrogen-bond acceptors (Lipinski definition) is 5. The summed E-state index contributed by atoms with van der Waals surface area (Å²) in [5.74, 6) is 0.213. The molecule has 0 radical (unpaired) electrons. The van der Waals surface area contributed by atoms with Crippen molar-refractivity contribution >= 4 is 23.3 Å². The summed E-state index contributed by atoms with van der Waals surface area (Å²) in [6, 6.07) is 3.64. The Hall–Kier alpha value is -2.11. The predicted octanol–water partition coefficient (Wildman–Crippen LogP) is 0.366. The maximum Gasteiger partial charge on any atom is 0.246 e. The first-order valence-electron chi connectivity index (χ1n) is 5.96. The van der Waals surface area contributed by atoms with Crippen LogP contribution in [0.5, 0.6) is 0 Å². The summed E-state index contributed by atoms with van der Waals surface area (Å²) in [7, 11) is 0. The maximum atomic E-state index is 11.3. The van der Waals surface area contributed by atoms with E-state index in [1.807, 2.05) is 6.07 Å². The molecule has 6 nitrogen and oxygen atoms in total. The van der Waals surface area contributed by atoms with E-state index in [0.29, 0.717) is 0 Å². The van der Waals surface area contributed by atoms with E-state index in [-0.39, 0.29) is 24.9 Å². The number of nitrogens with one attached hydrogen (secondary N) is 2. The van der Waals surface area contributed by atoms with Gasteiger partial charge in [-0.05, 0) is 12.5 Å². The molecule has 0 aliphatic carbocycles. The van der Waals surface area contributed by atoms with Crippen LogP contribution in [0, 0.1) is 0 Å². The fourth-order valence-electron chi connectivity index (χ4n) is 1.79. The minimum atomic E-state index is -0.272. The minimum absolute atomic E-state index is 0.197. The molecule has 2 amide bonds. The maximum absolute atomic E-state index is 11.3. The summed E-state index contributed by atoms with van der Waals surface area (Å²) in [5, 5.41) is 5.45. The molecule has 1 aromatic rings. The van der Waals surface area contributed by atoms with E-state index in [4.69, 9.17) is 0 Å². The third kappa shape index (κ3) is 2.97. The molecule has 0 saturated carbocycles. The van der Waals surface area contributed by atoms with Crippen LogP contribution in [0.4, 0.5) is 11.5 Å². The third-order valence-electron chi connectivity index (χ3n) is 2.61. The van der Waals surface area contributed by atoms with Crippen LogP contribution >= 0.6 is 0 Å². The zero-order valence-electron chi connectivity index (χ0n) is 10.3. The summed E-state index contributed by atoms with van der Waals surface area (Å²) in [5.41, 5.74) is 0.826. The SMILES string of the molecule is CCCNc1cc(N2CC(=O)NC(=O)C2)ccn1. The van der Waals surface area contributed by atoms with E-state index in [2.05, 4.69) is 22.5 Å². The molecule has 96 valence electrons. The van der Waals surface area contributed by atoms with E-state index in [1.165, 1.54) is 0 Å². The summed E-state index contributed by atoms with van der Waals surface area (Å²) in [4.78, 5) is 28.5. The third-order valence-corrected chi connectivity index (χ3v) is 2.61. The second kappa shape index (κ2) is 5.48. The number of nitrogens with zero attached hydrogens (tertiary/aromatic N) is 2. The molecule has 2 N–H and O–H groups in total. The minimum Gasteiger partial charge on any atom is -0.370 e. The number of amides is 2. The average molecular weight is 248 g/mol. The molecule has 18 heavy (non-hydrogen) atoms. The zero-order chi connectivity index (χ0) is 13.0. The molecule has 0 unspecified atom stereocenters. The molecule has 1 aliphatic rings. The number of rotatable bonds is 4. The van der Waals surface area contributed by atoms with Crippen molar-refractivity contribution < 1.29 is 9.59 Å². The smallest absolute Gasteiger partial charge is 0.246 e. The fraction of sp³-hybridized carbons (Fsp3) is 0.417. The van der Waals surface area contributed by atoms with Crippen molar-refractivity contribution in [1.29, 1.82) is 0 Å². The van der Waals surface area contributed by atoms with Crippen LogP contribution in [-0.4, -0.2) is 36.4 Å². The number of piperazine rings is 1. The van der Waals surface area contributed by atoms with Gasteiger partial charge in [0.25, 0.3) is 0 Å². The summed E-state index contributed by atoms with van der Waals surface area (Å²) >= 11 is 0. The van der Waals surface area contributed by atoms with Gasteiger partial charge in [-0.15, -0.1) is 0 Å². The molecule has 1 aromatic heterocycles. The molecule has 1 fully saturated rings. The van der Waals surface area contributed by atoms with Crippen molar-refractivity contribution in [3.8, 4) is 0 Å². The highest BCUT2D eigenvalue weighted by Crippen LogP contribution is 2.17. The van der Waals surface area contributed by atoms with Crippen LogP contribution in [0.1, 0.15) is 13.3 Å². The van der Waals surface area contributed by atoms with E-state index in [0.717, 1.165) is 24.5 Å². The number of anilines is 2. The zero-order valence-corrected chi connectivity index (χ0v) is 10.3. The van der Waals surface area contributed by atoms with Crippen LogP contribution in [-0.2, 0) is 9.59 Å². The molecule has 2 rings (SSSR count). The summed E-state index contributed by atoms with van der Waals surface area (Å²) in [6.07, 6.45) is 2.68. The molecule has 0 atom stereocenters. The molecule has 6 heteroatoms. The van der Waals surface area contributed by atoms with Crippen LogP contribution in [0.25, 0.3) is 0 Å². The van der Waals surface area contributed by atoms with Crippen molar-refractivity contribution in [3.63, 3.8) is 0 Å². The van der Waals surface area contributed by atoms with Gasteiger partial charge in [0, 0.05) is 24.5 Å². The van der Waals surface area contributed by atoms with E-state index >= 15 is 0 Å². The first-order valence-corrected chi connectivity index (χ1v) is 5.96. The van der Waals surface area contributed by atoms with Crippen LogP contribution in [0.15, 0.2) is 18.3 Å². The van der Waals surface area contributed by atoms with Gasteiger partial charge in [-0.25, -0.2) is 4.98 Å². The number of pyridine rings is 1. The van der Waals surface area contributed by atoms with Gasteiger partial charge in [0.05, 0.1) is 13.1 Å². The molecule has 0 bridgehead atoms. The van der Waals surface area contributed by atoms with Crippen LogP contribution < -0.4 is 15.5 Å². The largest absolute Gasteiger partial charge is 0.370 e.